The number of carbonyl (C=O) groups is 1. The molecule has 2 aliphatic rings. The van der Waals surface area contributed by atoms with Crippen LogP contribution >= 0.6 is 24.8 Å². The summed E-state index contributed by atoms with van der Waals surface area (Å²) in [5.74, 6) is -0.397. The van der Waals surface area contributed by atoms with E-state index in [-0.39, 0.29) is 42.3 Å². The number of carbonyl (C=O) groups excluding carboxylic acids is 1. The van der Waals surface area contributed by atoms with Crippen molar-refractivity contribution >= 4 is 42.1 Å². The van der Waals surface area contributed by atoms with Crippen molar-refractivity contribution in [2.75, 3.05) is 36.4 Å². The maximum absolute atomic E-state index is 13.0. The summed E-state index contributed by atoms with van der Waals surface area (Å²) in [6, 6.07) is 3.64. The maximum Gasteiger partial charge on any atom is 0.416 e. The number of nitrogens with one attached hydrogen (secondary N) is 2. The van der Waals surface area contributed by atoms with Gasteiger partial charge in [0.2, 0.25) is 5.91 Å². The molecule has 4 nitrogen and oxygen atoms in total. The molecule has 0 aromatic heterocycles. The summed E-state index contributed by atoms with van der Waals surface area (Å²) in [6.45, 7) is 2.95. The Morgan fingerprint density at radius 1 is 1.15 bits per heavy atom. The molecule has 1 unspecified atom stereocenters. The molecule has 2 aliphatic heterocycles. The Bertz CT molecular complexity index is 601. The van der Waals surface area contributed by atoms with Gasteiger partial charge in [0.15, 0.2) is 0 Å². The fourth-order valence-electron chi connectivity index (χ4n) is 3.34. The van der Waals surface area contributed by atoms with Crippen LogP contribution in [-0.4, -0.2) is 32.1 Å². The number of rotatable bonds is 3. The number of benzene rings is 1. The summed E-state index contributed by atoms with van der Waals surface area (Å²) in [5, 5.41) is 5.84. The molecule has 0 radical (unpaired) electrons. The Morgan fingerprint density at radius 2 is 1.85 bits per heavy atom. The Kier molecular flexibility index (Phi) is 8.50. The van der Waals surface area contributed by atoms with Gasteiger partial charge < -0.3 is 15.5 Å². The summed E-state index contributed by atoms with van der Waals surface area (Å²) in [7, 11) is 0. The second-order valence-electron chi connectivity index (χ2n) is 6.46. The van der Waals surface area contributed by atoms with Crippen molar-refractivity contribution in [1.82, 2.24) is 5.32 Å². The van der Waals surface area contributed by atoms with E-state index in [1.54, 1.807) is 0 Å². The van der Waals surface area contributed by atoms with E-state index in [1.807, 2.05) is 0 Å². The zero-order valence-corrected chi connectivity index (χ0v) is 15.9. The first-order valence-electron chi connectivity index (χ1n) is 8.43. The minimum atomic E-state index is -4.42. The predicted molar refractivity (Wildman–Crippen MR) is 102 cm³/mol. The lowest BCUT2D eigenvalue weighted by atomic mass is 10.1. The number of amides is 1. The normalized spacial score (nSPS) is 20.1. The van der Waals surface area contributed by atoms with Gasteiger partial charge in [-0.3, -0.25) is 4.79 Å². The fraction of sp³-hybridized carbons (Fsp3) is 0.588. The lowest BCUT2D eigenvalue weighted by Gasteiger charge is -2.31. The van der Waals surface area contributed by atoms with Gasteiger partial charge in [0, 0.05) is 19.6 Å². The third-order valence-electron chi connectivity index (χ3n) is 4.71. The minimum Gasteiger partial charge on any atom is -0.370 e. The molecule has 1 aromatic rings. The second-order valence-corrected chi connectivity index (χ2v) is 6.46. The molecular weight excluding hydrogens is 390 g/mol. The molecule has 1 amide bonds. The molecule has 0 bridgehead atoms. The van der Waals surface area contributed by atoms with Gasteiger partial charge in [0.05, 0.1) is 22.9 Å². The number of alkyl halides is 3. The van der Waals surface area contributed by atoms with Gasteiger partial charge in [-0.15, -0.1) is 24.8 Å². The van der Waals surface area contributed by atoms with Crippen LogP contribution in [0.15, 0.2) is 18.2 Å². The van der Waals surface area contributed by atoms with Gasteiger partial charge >= 0.3 is 6.18 Å². The van der Waals surface area contributed by atoms with Crippen molar-refractivity contribution in [3.8, 4) is 0 Å². The second kappa shape index (κ2) is 9.67. The average molecular weight is 414 g/mol. The van der Waals surface area contributed by atoms with Gasteiger partial charge in [-0.05, 0) is 50.4 Å². The average Bonchev–Trinajstić information content (AvgIpc) is 3.09. The van der Waals surface area contributed by atoms with Gasteiger partial charge in [0.1, 0.15) is 0 Å². The highest BCUT2D eigenvalue weighted by Gasteiger charge is 2.32. The zero-order chi connectivity index (χ0) is 17.2. The highest BCUT2D eigenvalue weighted by Crippen LogP contribution is 2.36. The number of hydrogen-bond donors (Lipinski definition) is 2. The van der Waals surface area contributed by atoms with Crippen LogP contribution in [0, 0.1) is 5.92 Å². The van der Waals surface area contributed by atoms with Crippen LogP contribution in [0.5, 0.6) is 0 Å². The Balaban J connectivity index is 0.00000169. The Labute approximate surface area is 163 Å². The van der Waals surface area contributed by atoms with Crippen molar-refractivity contribution in [3.63, 3.8) is 0 Å². The Morgan fingerprint density at radius 3 is 2.42 bits per heavy atom. The summed E-state index contributed by atoms with van der Waals surface area (Å²) >= 11 is 0. The van der Waals surface area contributed by atoms with Gasteiger partial charge in [-0.1, -0.05) is 0 Å². The van der Waals surface area contributed by atoms with Crippen LogP contribution < -0.4 is 15.5 Å². The molecule has 0 spiro atoms. The topological polar surface area (TPSA) is 44.4 Å². The van der Waals surface area contributed by atoms with Crippen LogP contribution in [0.25, 0.3) is 0 Å². The first kappa shape index (κ1) is 22.9. The van der Waals surface area contributed by atoms with Crippen LogP contribution in [0.2, 0.25) is 0 Å². The zero-order valence-electron chi connectivity index (χ0n) is 14.3. The fourth-order valence-corrected chi connectivity index (χ4v) is 3.34. The van der Waals surface area contributed by atoms with E-state index in [0.717, 1.165) is 51.0 Å². The van der Waals surface area contributed by atoms with Crippen molar-refractivity contribution < 1.29 is 18.0 Å². The van der Waals surface area contributed by atoms with Crippen molar-refractivity contribution in [2.45, 2.75) is 31.9 Å². The van der Waals surface area contributed by atoms with Crippen molar-refractivity contribution in [3.05, 3.63) is 23.8 Å². The van der Waals surface area contributed by atoms with Crippen molar-refractivity contribution in [1.29, 1.82) is 0 Å². The number of nitrogens with zero attached hydrogens (tertiary/aromatic N) is 1. The molecule has 1 atom stereocenters. The molecule has 2 saturated heterocycles. The van der Waals surface area contributed by atoms with E-state index >= 15 is 0 Å². The van der Waals surface area contributed by atoms with Crippen LogP contribution in [-0.2, 0) is 11.0 Å². The predicted octanol–water partition coefficient (Wildman–Crippen LogP) is 4.09. The standard InChI is InChI=1S/C17H22F3N3O.2ClH/c18-17(19,20)13-4-5-15(23-8-2-1-3-9-23)14(10-13)22-16(24)12-6-7-21-11-12;;/h4-5,10,12,21H,1-3,6-9,11H2,(H,22,24);2*1H. The molecule has 0 saturated carbocycles. The summed E-state index contributed by atoms with van der Waals surface area (Å²) in [4.78, 5) is 14.4. The van der Waals surface area contributed by atoms with Gasteiger partial charge in [-0.25, -0.2) is 0 Å². The molecule has 2 heterocycles. The van der Waals surface area contributed by atoms with Crippen LogP contribution in [0.3, 0.4) is 0 Å². The first-order chi connectivity index (χ1) is 11.4. The molecular formula is C17H24Cl2F3N3O. The monoisotopic (exact) mass is 413 g/mol. The number of halogens is 5. The van der Waals surface area contributed by atoms with E-state index < -0.39 is 11.7 Å². The Hall–Kier alpha value is -1.18. The van der Waals surface area contributed by atoms with E-state index in [1.165, 1.54) is 6.07 Å². The lowest BCUT2D eigenvalue weighted by molar-refractivity contribution is -0.137. The van der Waals surface area contributed by atoms with E-state index in [9.17, 15) is 18.0 Å². The molecule has 3 rings (SSSR count). The lowest BCUT2D eigenvalue weighted by Crippen LogP contribution is -2.31. The number of piperidine rings is 1. The molecule has 2 fully saturated rings. The molecule has 148 valence electrons. The third kappa shape index (κ3) is 5.41. The highest BCUT2D eigenvalue weighted by molar-refractivity contribution is 5.96. The quantitative estimate of drug-likeness (QED) is 0.784. The van der Waals surface area contributed by atoms with Crippen LogP contribution in [0.1, 0.15) is 31.2 Å². The minimum absolute atomic E-state index is 0. The molecule has 26 heavy (non-hydrogen) atoms. The first-order valence-corrected chi connectivity index (χ1v) is 8.43. The third-order valence-corrected chi connectivity index (χ3v) is 4.71. The van der Waals surface area contributed by atoms with Crippen LogP contribution in [0.4, 0.5) is 24.5 Å². The maximum atomic E-state index is 13.0. The van der Waals surface area contributed by atoms with Gasteiger partial charge in [0.25, 0.3) is 0 Å². The summed E-state index contributed by atoms with van der Waals surface area (Å²) in [6.07, 6.45) is -0.548. The highest BCUT2D eigenvalue weighted by atomic mass is 35.5. The number of anilines is 2. The summed E-state index contributed by atoms with van der Waals surface area (Å²) in [5.41, 5.74) is 0.216. The van der Waals surface area contributed by atoms with E-state index in [4.69, 9.17) is 0 Å². The molecule has 2 N–H and O–H groups in total. The SMILES string of the molecule is Cl.Cl.O=C(Nc1cc(C(F)(F)F)ccc1N1CCCCC1)C1CCNC1. The van der Waals surface area contributed by atoms with E-state index in [0.29, 0.717) is 18.7 Å². The molecule has 1 aromatic carbocycles. The smallest absolute Gasteiger partial charge is 0.370 e. The van der Waals surface area contributed by atoms with Gasteiger partial charge in [-0.2, -0.15) is 13.2 Å². The molecule has 9 heteroatoms. The number of hydrogen-bond acceptors (Lipinski definition) is 3. The molecule has 0 aliphatic carbocycles. The summed E-state index contributed by atoms with van der Waals surface area (Å²) < 4.78 is 39.1. The largest absolute Gasteiger partial charge is 0.416 e. The van der Waals surface area contributed by atoms with E-state index in [2.05, 4.69) is 15.5 Å². The van der Waals surface area contributed by atoms with Crippen molar-refractivity contribution in [2.24, 2.45) is 5.92 Å².